The van der Waals surface area contributed by atoms with Crippen molar-refractivity contribution in [2.24, 2.45) is 0 Å². The van der Waals surface area contributed by atoms with Crippen molar-refractivity contribution < 1.29 is 18.7 Å². The van der Waals surface area contributed by atoms with Crippen LogP contribution in [0.25, 0.3) is 0 Å². The topological polar surface area (TPSA) is 86.5 Å². The quantitative estimate of drug-likeness (QED) is 0.748. The average molecular weight is 351 g/mol. The van der Waals surface area contributed by atoms with E-state index in [1.807, 2.05) is 30.3 Å². The molecular formula is C19H17N3O4. The van der Waals surface area contributed by atoms with E-state index in [1.165, 1.54) is 0 Å². The first kappa shape index (κ1) is 16.3. The third kappa shape index (κ3) is 3.73. The molecule has 0 spiro atoms. The summed E-state index contributed by atoms with van der Waals surface area (Å²) in [6, 6.07) is 16.3. The van der Waals surface area contributed by atoms with Crippen LogP contribution >= 0.6 is 0 Å². The van der Waals surface area contributed by atoms with Gasteiger partial charge in [-0.25, -0.2) is 0 Å². The highest BCUT2D eigenvalue weighted by Gasteiger charge is 2.24. The smallest absolute Gasteiger partial charge is 0.322 e. The molecule has 2 heterocycles. The lowest BCUT2D eigenvalue weighted by Crippen LogP contribution is -2.12. The second-order valence-corrected chi connectivity index (χ2v) is 5.84. The van der Waals surface area contributed by atoms with E-state index in [0.717, 1.165) is 12.8 Å². The second kappa shape index (κ2) is 7.37. The lowest BCUT2D eigenvalue weighted by molar-refractivity contribution is 0.0893. The maximum Gasteiger partial charge on any atom is 0.322 e. The first-order chi connectivity index (χ1) is 12.8. The van der Waals surface area contributed by atoms with Crippen LogP contribution in [0.4, 0.5) is 6.01 Å². The largest absolute Gasteiger partial charge is 0.457 e. The molecule has 1 fully saturated rings. The molecule has 1 aromatic heterocycles. The number of hydrogen-bond donors (Lipinski definition) is 1. The maximum absolute atomic E-state index is 12.4. The Morgan fingerprint density at radius 3 is 2.73 bits per heavy atom. The Hall–Kier alpha value is -3.19. The van der Waals surface area contributed by atoms with Crippen LogP contribution in [0.15, 0.2) is 59.0 Å². The highest BCUT2D eigenvalue weighted by molar-refractivity contribution is 6.03. The number of ether oxygens (including phenoxy) is 2. The predicted molar refractivity (Wildman–Crippen MR) is 93.1 cm³/mol. The molecule has 26 heavy (non-hydrogen) atoms. The molecule has 0 aliphatic carbocycles. The molecule has 2 aromatic carbocycles. The van der Waals surface area contributed by atoms with Crippen molar-refractivity contribution >= 4 is 11.9 Å². The number of nitrogens with zero attached hydrogens (tertiary/aromatic N) is 2. The number of nitrogens with one attached hydrogen (secondary N) is 1. The van der Waals surface area contributed by atoms with E-state index in [-0.39, 0.29) is 18.0 Å². The minimum absolute atomic E-state index is 0.0508. The van der Waals surface area contributed by atoms with E-state index in [0.29, 0.717) is 29.6 Å². The van der Waals surface area contributed by atoms with Crippen LogP contribution in [0.2, 0.25) is 0 Å². The van der Waals surface area contributed by atoms with E-state index in [2.05, 4.69) is 15.5 Å². The Morgan fingerprint density at radius 2 is 1.92 bits per heavy atom. The molecule has 1 aliphatic heterocycles. The first-order valence-corrected chi connectivity index (χ1v) is 8.37. The number of carbonyl (C=O) groups excluding carboxylic acids is 1. The van der Waals surface area contributed by atoms with Crippen molar-refractivity contribution in [2.45, 2.75) is 18.9 Å². The number of rotatable bonds is 5. The predicted octanol–water partition coefficient (Wildman–Crippen LogP) is 3.97. The van der Waals surface area contributed by atoms with Crippen LogP contribution in [0, 0.1) is 0 Å². The van der Waals surface area contributed by atoms with E-state index in [1.54, 1.807) is 24.3 Å². The van der Waals surface area contributed by atoms with Crippen molar-refractivity contribution in [1.29, 1.82) is 0 Å². The number of anilines is 1. The Morgan fingerprint density at radius 1 is 1.08 bits per heavy atom. The molecule has 0 bridgehead atoms. The Labute approximate surface area is 150 Å². The van der Waals surface area contributed by atoms with E-state index in [4.69, 9.17) is 13.9 Å². The molecule has 1 aliphatic rings. The fourth-order valence-electron chi connectivity index (χ4n) is 2.68. The molecule has 0 saturated carbocycles. The van der Waals surface area contributed by atoms with Crippen LogP contribution in [0.3, 0.4) is 0 Å². The van der Waals surface area contributed by atoms with Crippen LogP contribution in [0.1, 0.15) is 35.2 Å². The molecule has 3 aromatic rings. The zero-order chi connectivity index (χ0) is 17.8. The molecule has 132 valence electrons. The zero-order valence-electron chi connectivity index (χ0n) is 13.9. The molecule has 7 nitrogen and oxygen atoms in total. The molecule has 1 atom stereocenters. The summed E-state index contributed by atoms with van der Waals surface area (Å²) in [5.41, 5.74) is 0.426. The minimum Gasteiger partial charge on any atom is -0.457 e. The van der Waals surface area contributed by atoms with E-state index < -0.39 is 0 Å². The van der Waals surface area contributed by atoms with Crippen LogP contribution in [-0.2, 0) is 4.74 Å². The molecule has 4 rings (SSSR count). The van der Waals surface area contributed by atoms with E-state index >= 15 is 0 Å². The van der Waals surface area contributed by atoms with Gasteiger partial charge in [0.25, 0.3) is 5.91 Å². The van der Waals surface area contributed by atoms with Crippen molar-refractivity contribution in [3.05, 3.63) is 66.1 Å². The average Bonchev–Trinajstić information content (AvgIpc) is 3.34. The van der Waals surface area contributed by atoms with Crippen molar-refractivity contribution in [1.82, 2.24) is 10.2 Å². The Kier molecular flexibility index (Phi) is 4.61. The van der Waals surface area contributed by atoms with Gasteiger partial charge in [0.1, 0.15) is 17.6 Å². The highest BCUT2D eigenvalue weighted by Crippen LogP contribution is 2.28. The summed E-state index contributed by atoms with van der Waals surface area (Å²) in [5, 5.41) is 10.4. The highest BCUT2D eigenvalue weighted by atomic mass is 16.5. The third-order valence-electron chi connectivity index (χ3n) is 3.94. The van der Waals surface area contributed by atoms with Gasteiger partial charge in [0.05, 0.1) is 0 Å². The van der Waals surface area contributed by atoms with Gasteiger partial charge in [-0.05, 0) is 43.2 Å². The van der Waals surface area contributed by atoms with Gasteiger partial charge in [0.2, 0.25) is 5.89 Å². The lowest BCUT2D eigenvalue weighted by Gasteiger charge is -2.07. The van der Waals surface area contributed by atoms with Gasteiger partial charge in [-0.15, -0.1) is 5.10 Å². The fourth-order valence-corrected chi connectivity index (χ4v) is 2.68. The monoisotopic (exact) mass is 351 g/mol. The number of para-hydroxylation sites is 1. The van der Waals surface area contributed by atoms with Crippen molar-refractivity contribution in [3.8, 4) is 11.5 Å². The number of carbonyl (C=O) groups is 1. The van der Waals surface area contributed by atoms with Gasteiger partial charge in [-0.3, -0.25) is 10.1 Å². The Balaban J connectivity index is 1.44. The molecule has 1 amide bonds. The van der Waals surface area contributed by atoms with E-state index in [9.17, 15) is 4.79 Å². The first-order valence-electron chi connectivity index (χ1n) is 8.37. The number of hydrogen-bond acceptors (Lipinski definition) is 6. The minimum atomic E-state index is -0.356. The summed E-state index contributed by atoms with van der Waals surface area (Å²) in [6.45, 7) is 0.683. The number of benzene rings is 2. The summed E-state index contributed by atoms with van der Waals surface area (Å²) in [7, 11) is 0. The molecule has 0 unspecified atom stereocenters. The second-order valence-electron chi connectivity index (χ2n) is 5.84. The number of aromatic nitrogens is 2. The maximum atomic E-state index is 12.4. The molecule has 0 radical (unpaired) electrons. The van der Waals surface area contributed by atoms with Crippen LogP contribution < -0.4 is 10.1 Å². The fraction of sp³-hybridized carbons (Fsp3) is 0.211. The molecule has 1 saturated heterocycles. The molecule has 7 heteroatoms. The van der Waals surface area contributed by atoms with Gasteiger partial charge in [0.15, 0.2) is 0 Å². The zero-order valence-corrected chi connectivity index (χ0v) is 13.9. The van der Waals surface area contributed by atoms with Gasteiger partial charge in [-0.2, -0.15) is 0 Å². The Bertz CT molecular complexity index is 889. The SMILES string of the molecule is O=C(Nc1nnc([C@H]2CCCO2)o1)c1cccc(Oc2ccccc2)c1. The van der Waals surface area contributed by atoms with Gasteiger partial charge in [0, 0.05) is 12.2 Å². The lowest BCUT2D eigenvalue weighted by atomic mass is 10.2. The standard InChI is InChI=1S/C19H17N3O4/c23-17(20-19-22-21-18(26-19)16-10-5-11-24-16)13-6-4-9-15(12-13)25-14-7-2-1-3-8-14/h1-4,6-9,12,16H,5,10-11H2,(H,20,22,23)/t16-/m1/s1. The molecule has 1 N–H and O–H groups in total. The summed E-state index contributed by atoms with van der Waals surface area (Å²) >= 11 is 0. The van der Waals surface area contributed by atoms with Crippen molar-refractivity contribution in [3.63, 3.8) is 0 Å². The number of amides is 1. The van der Waals surface area contributed by atoms with Crippen LogP contribution in [-0.4, -0.2) is 22.7 Å². The third-order valence-corrected chi connectivity index (χ3v) is 3.94. The molecular weight excluding hydrogens is 334 g/mol. The summed E-state index contributed by atoms with van der Waals surface area (Å²) in [5.74, 6) is 1.29. The van der Waals surface area contributed by atoms with Gasteiger partial charge < -0.3 is 13.9 Å². The normalized spacial score (nSPS) is 16.4. The van der Waals surface area contributed by atoms with Gasteiger partial charge in [-0.1, -0.05) is 29.4 Å². The van der Waals surface area contributed by atoms with Crippen LogP contribution in [0.5, 0.6) is 11.5 Å². The summed E-state index contributed by atoms with van der Waals surface area (Å²) < 4.78 is 16.7. The summed E-state index contributed by atoms with van der Waals surface area (Å²) in [4.78, 5) is 12.4. The summed E-state index contributed by atoms with van der Waals surface area (Å²) in [6.07, 6.45) is 1.62. The van der Waals surface area contributed by atoms with Gasteiger partial charge >= 0.3 is 6.01 Å². The van der Waals surface area contributed by atoms with Crippen molar-refractivity contribution in [2.75, 3.05) is 11.9 Å².